The molecule has 0 aliphatic carbocycles. The van der Waals surface area contributed by atoms with Crippen LogP contribution < -0.4 is 10.1 Å². The molecule has 152 valence electrons. The Labute approximate surface area is 162 Å². The molecule has 0 atom stereocenters. The molecule has 2 aliphatic rings. The maximum absolute atomic E-state index is 12.4. The van der Waals surface area contributed by atoms with Crippen molar-refractivity contribution in [3.63, 3.8) is 0 Å². The summed E-state index contributed by atoms with van der Waals surface area (Å²) in [6.07, 6.45) is 0.673. The first-order valence-electron chi connectivity index (χ1n) is 9.81. The fourth-order valence-electron chi connectivity index (χ4n) is 4.11. The van der Waals surface area contributed by atoms with Crippen LogP contribution in [0.1, 0.15) is 42.9 Å². The third-order valence-corrected chi connectivity index (χ3v) is 5.58. The van der Waals surface area contributed by atoms with E-state index in [1.165, 1.54) is 17.7 Å². The molecule has 2 aliphatic heterocycles. The Bertz CT molecular complexity index is 808. The van der Waals surface area contributed by atoms with E-state index in [-0.39, 0.29) is 5.75 Å². The number of halogens is 3. The molecule has 4 rings (SSSR count). The lowest BCUT2D eigenvalue weighted by Gasteiger charge is -2.28. The average molecular weight is 394 g/mol. The van der Waals surface area contributed by atoms with Gasteiger partial charge in [0.25, 0.3) is 0 Å². The first-order valence-corrected chi connectivity index (χ1v) is 9.81. The van der Waals surface area contributed by atoms with E-state index in [9.17, 15) is 13.2 Å². The molecule has 0 saturated carbocycles. The number of hydrogen-bond donors (Lipinski definition) is 1. The minimum Gasteiger partial charge on any atom is -0.406 e. The van der Waals surface area contributed by atoms with Crippen molar-refractivity contribution >= 4 is 5.82 Å². The quantitative estimate of drug-likeness (QED) is 0.842. The Morgan fingerprint density at radius 3 is 2.50 bits per heavy atom. The molecule has 3 heterocycles. The summed E-state index contributed by atoms with van der Waals surface area (Å²) in [4.78, 5) is 2.34. The average Bonchev–Trinajstić information content (AvgIpc) is 2.83. The Kier molecular flexibility index (Phi) is 5.23. The maximum Gasteiger partial charge on any atom is 0.573 e. The molecule has 1 aromatic heterocycles. The summed E-state index contributed by atoms with van der Waals surface area (Å²) < 4.78 is 43.1. The van der Waals surface area contributed by atoms with Crippen molar-refractivity contribution < 1.29 is 17.9 Å². The van der Waals surface area contributed by atoms with E-state index in [0.717, 1.165) is 68.9 Å². The van der Waals surface area contributed by atoms with Crippen molar-refractivity contribution in [2.24, 2.45) is 0 Å². The van der Waals surface area contributed by atoms with Gasteiger partial charge in [0.2, 0.25) is 0 Å². The zero-order valence-corrected chi connectivity index (χ0v) is 15.9. The van der Waals surface area contributed by atoms with Gasteiger partial charge in [0.05, 0.1) is 11.4 Å². The first-order chi connectivity index (χ1) is 13.4. The second kappa shape index (κ2) is 7.66. The van der Waals surface area contributed by atoms with E-state index < -0.39 is 6.36 Å². The van der Waals surface area contributed by atoms with Gasteiger partial charge in [-0.1, -0.05) is 0 Å². The van der Waals surface area contributed by atoms with Gasteiger partial charge >= 0.3 is 6.36 Å². The third-order valence-electron chi connectivity index (χ3n) is 5.58. The van der Waals surface area contributed by atoms with Crippen molar-refractivity contribution in [3.05, 3.63) is 35.5 Å². The van der Waals surface area contributed by atoms with E-state index in [4.69, 9.17) is 5.10 Å². The van der Waals surface area contributed by atoms with Crippen LogP contribution >= 0.6 is 0 Å². The lowest BCUT2D eigenvalue weighted by molar-refractivity contribution is -0.274. The minimum atomic E-state index is -4.69. The van der Waals surface area contributed by atoms with Crippen molar-refractivity contribution in [2.75, 3.05) is 32.0 Å². The predicted molar refractivity (Wildman–Crippen MR) is 101 cm³/mol. The molecule has 8 heteroatoms. The molecule has 0 bridgehead atoms. The van der Waals surface area contributed by atoms with Gasteiger partial charge in [0, 0.05) is 18.0 Å². The number of rotatable bonds is 3. The van der Waals surface area contributed by atoms with Crippen LogP contribution in [0.25, 0.3) is 5.69 Å². The van der Waals surface area contributed by atoms with Gasteiger partial charge in [-0.3, -0.25) is 0 Å². The van der Waals surface area contributed by atoms with E-state index >= 15 is 0 Å². The van der Waals surface area contributed by atoms with Crippen molar-refractivity contribution in [2.45, 2.75) is 44.4 Å². The number of piperidine rings is 1. The number of aromatic nitrogens is 2. The molecule has 1 saturated heterocycles. The zero-order valence-electron chi connectivity index (χ0n) is 15.9. The predicted octanol–water partition coefficient (Wildman–Crippen LogP) is 4.33. The number of ether oxygens (including phenoxy) is 1. The molecule has 1 fully saturated rings. The van der Waals surface area contributed by atoms with Crippen LogP contribution in [0, 0.1) is 0 Å². The topological polar surface area (TPSA) is 42.3 Å². The van der Waals surface area contributed by atoms with E-state index in [1.54, 1.807) is 12.1 Å². The second-order valence-corrected chi connectivity index (χ2v) is 7.63. The summed E-state index contributed by atoms with van der Waals surface area (Å²) >= 11 is 0. The van der Waals surface area contributed by atoms with Gasteiger partial charge in [0.15, 0.2) is 0 Å². The number of hydrogen-bond acceptors (Lipinski definition) is 4. The molecule has 28 heavy (non-hydrogen) atoms. The molecular weight excluding hydrogens is 369 g/mol. The highest BCUT2D eigenvalue weighted by Crippen LogP contribution is 2.36. The Morgan fingerprint density at radius 2 is 1.82 bits per heavy atom. The number of fused-ring (bicyclic) bond motifs is 1. The van der Waals surface area contributed by atoms with E-state index in [2.05, 4.69) is 22.0 Å². The number of benzene rings is 1. The van der Waals surface area contributed by atoms with Crippen LogP contribution in [0.15, 0.2) is 24.3 Å². The number of nitrogens with one attached hydrogen (secondary N) is 1. The van der Waals surface area contributed by atoms with Crippen LogP contribution in [0.4, 0.5) is 19.0 Å². The Balaban J connectivity index is 1.67. The normalized spacial score (nSPS) is 19.0. The maximum atomic E-state index is 12.4. The summed E-state index contributed by atoms with van der Waals surface area (Å²) in [5, 5.41) is 8.42. The summed E-state index contributed by atoms with van der Waals surface area (Å²) in [7, 11) is 2.14. The van der Waals surface area contributed by atoms with Gasteiger partial charge in [-0.15, -0.1) is 13.2 Å². The second-order valence-electron chi connectivity index (χ2n) is 7.63. The van der Waals surface area contributed by atoms with Gasteiger partial charge in [0.1, 0.15) is 11.6 Å². The number of nitrogens with zero attached hydrogens (tertiary/aromatic N) is 3. The van der Waals surface area contributed by atoms with Crippen molar-refractivity contribution in [3.8, 4) is 11.4 Å². The highest BCUT2D eigenvalue weighted by atomic mass is 19.4. The summed E-state index contributed by atoms with van der Waals surface area (Å²) in [5.41, 5.74) is 3.15. The van der Waals surface area contributed by atoms with E-state index in [0.29, 0.717) is 5.92 Å². The Hall–Kier alpha value is -2.22. The number of anilines is 1. The molecule has 5 nitrogen and oxygen atoms in total. The molecule has 1 aromatic carbocycles. The monoisotopic (exact) mass is 394 g/mol. The molecule has 1 N–H and O–H groups in total. The van der Waals surface area contributed by atoms with Crippen molar-refractivity contribution in [1.29, 1.82) is 0 Å². The van der Waals surface area contributed by atoms with Crippen LogP contribution in [0.5, 0.6) is 5.75 Å². The highest BCUT2D eigenvalue weighted by molar-refractivity contribution is 5.55. The van der Waals surface area contributed by atoms with Crippen LogP contribution in [-0.4, -0.2) is 47.7 Å². The lowest BCUT2D eigenvalue weighted by Crippen LogP contribution is -2.29. The summed E-state index contributed by atoms with van der Waals surface area (Å²) in [6.45, 7) is 2.99. The minimum absolute atomic E-state index is 0.224. The lowest BCUT2D eigenvalue weighted by atomic mass is 9.90. The van der Waals surface area contributed by atoms with Crippen LogP contribution in [-0.2, 0) is 6.42 Å². The first kappa shape index (κ1) is 19.1. The Morgan fingerprint density at radius 1 is 1.11 bits per heavy atom. The smallest absolute Gasteiger partial charge is 0.406 e. The fourth-order valence-corrected chi connectivity index (χ4v) is 4.11. The number of alkyl halides is 3. The zero-order chi connectivity index (χ0) is 19.7. The molecule has 0 radical (unpaired) electrons. The summed E-state index contributed by atoms with van der Waals surface area (Å²) in [5.74, 6) is 1.19. The van der Waals surface area contributed by atoms with Gasteiger partial charge in [-0.25, -0.2) is 4.68 Å². The summed E-state index contributed by atoms with van der Waals surface area (Å²) in [6, 6.07) is 5.92. The molecular formula is C20H25F3N4O. The van der Waals surface area contributed by atoms with E-state index in [1.807, 2.05) is 4.68 Å². The molecule has 0 spiro atoms. The highest BCUT2D eigenvalue weighted by Gasteiger charge is 2.31. The van der Waals surface area contributed by atoms with Gasteiger partial charge in [-0.2, -0.15) is 5.10 Å². The molecule has 0 unspecified atom stereocenters. The fraction of sp³-hybridized carbons (Fsp3) is 0.550. The largest absolute Gasteiger partial charge is 0.573 e. The van der Waals surface area contributed by atoms with Gasteiger partial charge in [-0.05, 0) is 76.5 Å². The van der Waals surface area contributed by atoms with Crippen LogP contribution in [0.3, 0.4) is 0 Å². The molecule has 2 aromatic rings. The standard InChI is InChI=1S/C20H25F3N4O/c1-26-12-9-14(10-13-26)18-17-4-2-3-11-24-19(17)27(25-18)15-5-7-16(8-6-15)28-20(21,22)23/h5-8,14,24H,2-4,9-13H2,1H3. The van der Waals surface area contributed by atoms with Gasteiger partial charge < -0.3 is 15.0 Å². The SMILES string of the molecule is CN1CCC(c2nn(-c3ccc(OC(F)(F)F)cc3)c3c2CCCCN3)CC1. The molecule has 0 amide bonds. The third kappa shape index (κ3) is 4.11. The van der Waals surface area contributed by atoms with Crippen LogP contribution in [0.2, 0.25) is 0 Å². The number of likely N-dealkylation sites (tertiary alicyclic amines) is 1. The van der Waals surface area contributed by atoms with Crippen molar-refractivity contribution in [1.82, 2.24) is 14.7 Å².